The van der Waals surface area contributed by atoms with Gasteiger partial charge in [0.2, 0.25) is 15.2 Å². The van der Waals surface area contributed by atoms with Crippen LogP contribution in [0.5, 0.6) is 0 Å². The molecule has 0 bridgehead atoms. The fourth-order valence-corrected chi connectivity index (χ4v) is 5.16. The number of hydrazone groups is 1. The molecule has 1 heterocycles. The molecule has 0 atom stereocenters. The highest BCUT2D eigenvalue weighted by Gasteiger charge is 2.22. The molecule has 10 heteroatoms. The van der Waals surface area contributed by atoms with E-state index in [0.717, 1.165) is 0 Å². The van der Waals surface area contributed by atoms with Gasteiger partial charge < -0.3 is 0 Å². The van der Waals surface area contributed by atoms with E-state index < -0.39 is 15.8 Å². The van der Waals surface area contributed by atoms with Crippen LogP contribution in [0.4, 0.5) is 9.52 Å². The van der Waals surface area contributed by atoms with Crippen molar-refractivity contribution in [3.8, 4) is 11.3 Å². The summed E-state index contributed by atoms with van der Waals surface area (Å²) in [4.78, 5) is 4.64. The van der Waals surface area contributed by atoms with Gasteiger partial charge in [0.05, 0.1) is 21.8 Å². The van der Waals surface area contributed by atoms with Gasteiger partial charge in [-0.25, -0.2) is 17.8 Å². The quantitative estimate of drug-likeness (QED) is 0.371. The summed E-state index contributed by atoms with van der Waals surface area (Å²) in [6.07, 6.45) is 1.29. The van der Waals surface area contributed by atoms with Crippen molar-refractivity contribution in [1.82, 2.24) is 9.29 Å². The van der Waals surface area contributed by atoms with E-state index >= 15 is 0 Å². The smallest absolute Gasteiger partial charge is 0.243 e. The zero-order valence-corrected chi connectivity index (χ0v) is 18.7. The molecule has 1 aromatic heterocycles. The molecule has 0 unspecified atom stereocenters. The van der Waals surface area contributed by atoms with E-state index in [0.29, 0.717) is 29.5 Å². The molecule has 0 saturated carbocycles. The SMILES string of the molecule is CCN(CC)S(=O)(=O)c1cccc(-c2csc(NN=Cc3c(F)cccc3Cl)n2)c1. The van der Waals surface area contributed by atoms with Crippen molar-refractivity contribution in [3.05, 3.63) is 64.2 Å². The number of aromatic nitrogens is 1. The Hall–Kier alpha value is -2.33. The van der Waals surface area contributed by atoms with Gasteiger partial charge in [-0.15, -0.1) is 11.3 Å². The van der Waals surface area contributed by atoms with Crippen LogP contribution in [0.25, 0.3) is 11.3 Å². The van der Waals surface area contributed by atoms with Crippen molar-refractivity contribution in [2.24, 2.45) is 5.10 Å². The highest BCUT2D eigenvalue weighted by molar-refractivity contribution is 7.89. The highest BCUT2D eigenvalue weighted by Crippen LogP contribution is 2.27. The summed E-state index contributed by atoms with van der Waals surface area (Å²) >= 11 is 7.26. The van der Waals surface area contributed by atoms with Crippen LogP contribution in [0.2, 0.25) is 5.02 Å². The Balaban J connectivity index is 1.79. The van der Waals surface area contributed by atoms with Crippen LogP contribution in [0.15, 0.2) is 57.8 Å². The van der Waals surface area contributed by atoms with Gasteiger partial charge in [-0.05, 0) is 24.3 Å². The molecule has 3 rings (SSSR count). The maximum absolute atomic E-state index is 13.8. The van der Waals surface area contributed by atoms with Crippen LogP contribution in [0, 0.1) is 5.82 Å². The molecule has 0 radical (unpaired) electrons. The number of sulfonamides is 1. The van der Waals surface area contributed by atoms with E-state index in [2.05, 4.69) is 15.5 Å². The standard InChI is InChI=1S/C20H20ClFN4O2S2/c1-3-26(4-2)30(27,28)15-8-5-7-14(11-15)19-13-29-20(24-19)25-23-12-16-17(21)9-6-10-18(16)22/h5-13H,3-4H2,1-2H3,(H,24,25). The van der Waals surface area contributed by atoms with Gasteiger partial charge in [0.15, 0.2) is 0 Å². The number of nitrogens with one attached hydrogen (secondary N) is 1. The van der Waals surface area contributed by atoms with E-state index in [9.17, 15) is 12.8 Å². The third-order valence-corrected chi connectivity index (χ3v) is 7.45. The van der Waals surface area contributed by atoms with E-state index in [1.54, 1.807) is 49.6 Å². The lowest BCUT2D eigenvalue weighted by Crippen LogP contribution is -2.30. The van der Waals surface area contributed by atoms with Gasteiger partial charge in [0.1, 0.15) is 5.82 Å². The first-order valence-corrected chi connectivity index (χ1v) is 11.9. The summed E-state index contributed by atoms with van der Waals surface area (Å²) in [6, 6.07) is 11.1. The molecule has 0 aliphatic carbocycles. The Morgan fingerprint density at radius 2 is 1.97 bits per heavy atom. The van der Waals surface area contributed by atoms with Gasteiger partial charge in [0.25, 0.3) is 0 Å². The third-order valence-electron chi connectivity index (χ3n) is 4.33. The number of thiazole rings is 1. The fraction of sp³-hybridized carbons (Fsp3) is 0.200. The first kappa shape index (κ1) is 22.4. The molecule has 0 spiro atoms. The molecule has 0 amide bonds. The van der Waals surface area contributed by atoms with Gasteiger partial charge in [-0.3, -0.25) is 5.43 Å². The molecule has 0 saturated heterocycles. The fourth-order valence-electron chi connectivity index (χ4n) is 2.77. The molecule has 30 heavy (non-hydrogen) atoms. The van der Waals surface area contributed by atoms with Crippen LogP contribution in [-0.2, 0) is 10.0 Å². The molecular formula is C20H20ClFN4O2S2. The van der Waals surface area contributed by atoms with E-state index in [-0.39, 0.29) is 15.5 Å². The molecule has 0 aliphatic rings. The topological polar surface area (TPSA) is 74.7 Å². The average molecular weight is 467 g/mol. The van der Waals surface area contributed by atoms with E-state index in [1.807, 2.05) is 0 Å². The zero-order valence-electron chi connectivity index (χ0n) is 16.3. The molecule has 2 aromatic carbocycles. The van der Waals surface area contributed by atoms with Gasteiger partial charge in [0, 0.05) is 29.6 Å². The minimum atomic E-state index is -3.56. The predicted molar refractivity (Wildman–Crippen MR) is 120 cm³/mol. The summed E-state index contributed by atoms with van der Waals surface area (Å²) in [5.41, 5.74) is 4.21. The predicted octanol–water partition coefficient (Wildman–Crippen LogP) is 5.08. The van der Waals surface area contributed by atoms with Crippen molar-refractivity contribution in [2.75, 3.05) is 18.5 Å². The largest absolute Gasteiger partial charge is 0.253 e. The summed E-state index contributed by atoms with van der Waals surface area (Å²) in [7, 11) is -3.56. The lowest BCUT2D eigenvalue weighted by Gasteiger charge is -2.18. The molecule has 3 aromatic rings. The summed E-state index contributed by atoms with van der Waals surface area (Å²) < 4.78 is 40.7. The van der Waals surface area contributed by atoms with Crippen LogP contribution in [0.1, 0.15) is 19.4 Å². The van der Waals surface area contributed by atoms with E-state index in [1.165, 1.54) is 34.0 Å². The molecule has 6 nitrogen and oxygen atoms in total. The molecule has 158 valence electrons. The second kappa shape index (κ2) is 9.65. The first-order valence-electron chi connectivity index (χ1n) is 9.16. The van der Waals surface area contributed by atoms with Crippen molar-refractivity contribution in [3.63, 3.8) is 0 Å². The number of hydrogen-bond acceptors (Lipinski definition) is 6. The zero-order chi connectivity index (χ0) is 21.7. The Labute approximate surface area is 184 Å². The number of hydrogen-bond donors (Lipinski definition) is 1. The Kier molecular flexibility index (Phi) is 7.19. The van der Waals surface area contributed by atoms with Crippen molar-refractivity contribution in [2.45, 2.75) is 18.7 Å². The van der Waals surface area contributed by atoms with Gasteiger partial charge >= 0.3 is 0 Å². The van der Waals surface area contributed by atoms with Crippen LogP contribution >= 0.6 is 22.9 Å². The Morgan fingerprint density at radius 1 is 1.23 bits per heavy atom. The summed E-state index contributed by atoms with van der Waals surface area (Å²) in [6.45, 7) is 4.41. The minimum absolute atomic E-state index is 0.178. The van der Waals surface area contributed by atoms with Crippen LogP contribution in [-0.4, -0.2) is 37.0 Å². The molecular weight excluding hydrogens is 447 g/mol. The summed E-state index contributed by atoms with van der Waals surface area (Å²) in [5.74, 6) is -0.473. The number of halogens is 2. The molecule has 1 N–H and O–H groups in total. The maximum Gasteiger partial charge on any atom is 0.243 e. The number of nitrogens with zero attached hydrogens (tertiary/aromatic N) is 3. The van der Waals surface area contributed by atoms with Gasteiger partial charge in [-0.2, -0.15) is 9.41 Å². The van der Waals surface area contributed by atoms with Crippen molar-refractivity contribution < 1.29 is 12.8 Å². The number of rotatable bonds is 8. The Bertz CT molecular complexity index is 1140. The first-order chi connectivity index (χ1) is 14.4. The van der Waals surface area contributed by atoms with Gasteiger partial charge in [-0.1, -0.05) is 43.6 Å². The lowest BCUT2D eigenvalue weighted by atomic mass is 10.2. The monoisotopic (exact) mass is 466 g/mol. The third kappa shape index (κ3) is 4.86. The lowest BCUT2D eigenvalue weighted by molar-refractivity contribution is 0.445. The maximum atomic E-state index is 13.8. The van der Waals surface area contributed by atoms with Crippen LogP contribution in [0.3, 0.4) is 0 Å². The normalized spacial score (nSPS) is 12.0. The molecule has 0 fully saturated rings. The van der Waals surface area contributed by atoms with Crippen molar-refractivity contribution in [1.29, 1.82) is 0 Å². The highest BCUT2D eigenvalue weighted by atomic mass is 35.5. The second-order valence-corrected chi connectivity index (χ2v) is 9.36. The minimum Gasteiger partial charge on any atom is -0.253 e. The van der Waals surface area contributed by atoms with Crippen LogP contribution < -0.4 is 5.43 Å². The Morgan fingerprint density at radius 3 is 2.67 bits per heavy atom. The average Bonchev–Trinajstić information content (AvgIpc) is 3.20. The molecule has 0 aliphatic heterocycles. The number of benzene rings is 2. The second-order valence-electron chi connectivity index (χ2n) is 6.16. The van der Waals surface area contributed by atoms with Crippen molar-refractivity contribution >= 4 is 44.3 Å². The summed E-state index contributed by atoms with van der Waals surface area (Å²) in [5, 5.41) is 6.51. The number of anilines is 1. The van der Waals surface area contributed by atoms with E-state index in [4.69, 9.17) is 11.6 Å².